The highest BCUT2D eigenvalue weighted by molar-refractivity contribution is 6.30. The third kappa shape index (κ3) is 4.42. The Balaban J connectivity index is 1.57. The van der Waals surface area contributed by atoms with Crippen molar-refractivity contribution in [2.45, 2.75) is 51.0 Å². The Morgan fingerprint density at radius 2 is 1.84 bits per heavy atom. The number of piperidine rings is 1. The van der Waals surface area contributed by atoms with Gasteiger partial charge in [-0.3, -0.25) is 14.9 Å². The first kappa shape index (κ1) is 18.0. The number of hydrogen-bond donors (Lipinski definition) is 1. The van der Waals surface area contributed by atoms with Crippen LogP contribution in [0.3, 0.4) is 0 Å². The maximum atomic E-state index is 12.4. The van der Waals surface area contributed by atoms with Crippen LogP contribution in [0.1, 0.15) is 44.9 Å². The molecule has 6 nitrogen and oxygen atoms in total. The molecule has 2 fully saturated rings. The van der Waals surface area contributed by atoms with Gasteiger partial charge in [0.15, 0.2) is 0 Å². The second kappa shape index (κ2) is 8.04. The summed E-state index contributed by atoms with van der Waals surface area (Å²) in [5, 5.41) is 14.8. The molecule has 1 aromatic carbocycles. The Bertz CT molecular complexity index is 638. The molecule has 0 bridgehead atoms. The fraction of sp³-hybridized carbons (Fsp3) is 0.611. The summed E-state index contributed by atoms with van der Waals surface area (Å²) in [6, 6.07) is 4.95. The lowest BCUT2D eigenvalue weighted by Crippen LogP contribution is -2.46. The van der Waals surface area contributed by atoms with Gasteiger partial charge in [-0.15, -0.1) is 0 Å². The van der Waals surface area contributed by atoms with Crippen molar-refractivity contribution in [1.29, 1.82) is 0 Å². The van der Waals surface area contributed by atoms with E-state index in [0.29, 0.717) is 23.8 Å². The van der Waals surface area contributed by atoms with Crippen molar-refractivity contribution in [2.24, 2.45) is 5.92 Å². The number of anilines is 1. The second-order valence-corrected chi connectivity index (χ2v) is 7.43. The highest BCUT2D eigenvalue weighted by Crippen LogP contribution is 2.33. The SMILES string of the molecule is O=C(NC1CCN(c2ccc(Cl)cc2[N+](=O)[O-])CC1)C1CCCCC1. The van der Waals surface area contributed by atoms with Crippen LogP contribution in [-0.4, -0.2) is 30.0 Å². The van der Waals surface area contributed by atoms with Crippen LogP contribution < -0.4 is 10.2 Å². The number of amides is 1. The summed E-state index contributed by atoms with van der Waals surface area (Å²) < 4.78 is 0. The van der Waals surface area contributed by atoms with E-state index in [9.17, 15) is 14.9 Å². The molecule has 1 aromatic rings. The van der Waals surface area contributed by atoms with E-state index >= 15 is 0 Å². The molecule has 25 heavy (non-hydrogen) atoms. The number of benzene rings is 1. The van der Waals surface area contributed by atoms with E-state index in [4.69, 9.17) is 11.6 Å². The zero-order chi connectivity index (χ0) is 17.8. The summed E-state index contributed by atoms with van der Waals surface area (Å²) >= 11 is 5.88. The van der Waals surface area contributed by atoms with E-state index in [0.717, 1.165) is 38.5 Å². The first-order valence-corrected chi connectivity index (χ1v) is 9.41. The highest BCUT2D eigenvalue weighted by Gasteiger charge is 2.28. The van der Waals surface area contributed by atoms with Gasteiger partial charge in [0, 0.05) is 36.1 Å². The van der Waals surface area contributed by atoms with Crippen LogP contribution >= 0.6 is 11.6 Å². The highest BCUT2D eigenvalue weighted by atomic mass is 35.5. The van der Waals surface area contributed by atoms with Crippen molar-refractivity contribution in [3.05, 3.63) is 33.3 Å². The zero-order valence-corrected chi connectivity index (χ0v) is 15.0. The van der Waals surface area contributed by atoms with E-state index in [1.54, 1.807) is 12.1 Å². The molecule has 2 aliphatic rings. The summed E-state index contributed by atoms with van der Waals surface area (Å²) in [7, 11) is 0. The van der Waals surface area contributed by atoms with Gasteiger partial charge in [-0.2, -0.15) is 0 Å². The van der Waals surface area contributed by atoms with Crippen molar-refractivity contribution < 1.29 is 9.72 Å². The molecule has 0 atom stereocenters. The molecule has 0 radical (unpaired) electrons. The number of nitro benzene ring substituents is 1. The molecular weight excluding hydrogens is 342 g/mol. The molecule has 3 rings (SSSR count). The van der Waals surface area contributed by atoms with Gasteiger partial charge >= 0.3 is 0 Å². The van der Waals surface area contributed by atoms with Crippen molar-refractivity contribution in [3.8, 4) is 0 Å². The fourth-order valence-electron chi connectivity index (χ4n) is 3.86. The van der Waals surface area contributed by atoms with Gasteiger partial charge in [0.05, 0.1) is 4.92 Å². The number of nitrogens with zero attached hydrogens (tertiary/aromatic N) is 2. The summed E-state index contributed by atoms with van der Waals surface area (Å²) in [4.78, 5) is 25.3. The van der Waals surface area contributed by atoms with Crippen LogP contribution in [0.25, 0.3) is 0 Å². The molecule has 136 valence electrons. The number of halogens is 1. The quantitative estimate of drug-likeness (QED) is 0.648. The maximum Gasteiger partial charge on any atom is 0.294 e. The van der Waals surface area contributed by atoms with Gasteiger partial charge in [-0.25, -0.2) is 0 Å². The lowest BCUT2D eigenvalue weighted by molar-refractivity contribution is -0.384. The van der Waals surface area contributed by atoms with Gasteiger partial charge in [0.1, 0.15) is 5.69 Å². The van der Waals surface area contributed by atoms with E-state index in [-0.39, 0.29) is 23.6 Å². The first-order chi connectivity index (χ1) is 12.0. The molecule has 1 N–H and O–H groups in total. The fourth-order valence-corrected chi connectivity index (χ4v) is 4.03. The third-order valence-corrected chi connectivity index (χ3v) is 5.53. The van der Waals surface area contributed by atoms with Gasteiger partial charge < -0.3 is 10.2 Å². The van der Waals surface area contributed by atoms with E-state index in [1.807, 2.05) is 4.90 Å². The Kier molecular flexibility index (Phi) is 5.78. The normalized spacial score (nSPS) is 19.6. The zero-order valence-electron chi connectivity index (χ0n) is 14.2. The third-order valence-electron chi connectivity index (χ3n) is 5.29. The predicted molar refractivity (Wildman–Crippen MR) is 98.1 cm³/mol. The molecule has 7 heteroatoms. The minimum Gasteiger partial charge on any atom is -0.366 e. The first-order valence-electron chi connectivity index (χ1n) is 9.04. The minimum absolute atomic E-state index is 0.0391. The molecule has 0 unspecified atom stereocenters. The smallest absolute Gasteiger partial charge is 0.294 e. The van der Waals surface area contributed by atoms with Crippen LogP contribution in [-0.2, 0) is 4.79 Å². The molecular formula is C18H24ClN3O3. The van der Waals surface area contributed by atoms with Crippen molar-refractivity contribution in [1.82, 2.24) is 5.32 Å². The number of nitro groups is 1. The number of carbonyl (C=O) groups excluding carboxylic acids is 1. The molecule has 1 amide bonds. The maximum absolute atomic E-state index is 12.4. The van der Waals surface area contributed by atoms with Crippen molar-refractivity contribution >= 4 is 28.9 Å². The molecule has 1 saturated carbocycles. The largest absolute Gasteiger partial charge is 0.366 e. The molecule has 1 aliphatic heterocycles. The molecule has 1 heterocycles. The Labute approximate surface area is 152 Å². The Hall–Kier alpha value is -1.82. The Morgan fingerprint density at radius 1 is 1.16 bits per heavy atom. The summed E-state index contributed by atoms with van der Waals surface area (Å²) in [5.74, 6) is 0.361. The van der Waals surface area contributed by atoms with E-state index in [2.05, 4.69) is 5.32 Å². The van der Waals surface area contributed by atoms with E-state index < -0.39 is 4.92 Å². The summed E-state index contributed by atoms with van der Waals surface area (Å²) in [6.45, 7) is 1.39. The average Bonchev–Trinajstić information content (AvgIpc) is 2.63. The predicted octanol–water partition coefficient (Wildman–Crippen LogP) is 3.91. The van der Waals surface area contributed by atoms with Gasteiger partial charge in [-0.1, -0.05) is 30.9 Å². The topological polar surface area (TPSA) is 75.5 Å². The van der Waals surface area contributed by atoms with Crippen LogP contribution in [0.15, 0.2) is 18.2 Å². The van der Waals surface area contributed by atoms with Crippen molar-refractivity contribution in [3.63, 3.8) is 0 Å². The van der Waals surface area contributed by atoms with Gasteiger partial charge in [0.25, 0.3) is 5.69 Å². The van der Waals surface area contributed by atoms with E-state index in [1.165, 1.54) is 12.5 Å². The van der Waals surface area contributed by atoms with Crippen LogP contribution in [0.4, 0.5) is 11.4 Å². The number of rotatable bonds is 4. The Morgan fingerprint density at radius 3 is 2.48 bits per heavy atom. The molecule has 0 spiro atoms. The monoisotopic (exact) mass is 365 g/mol. The number of nitrogens with one attached hydrogen (secondary N) is 1. The van der Waals surface area contributed by atoms with Crippen LogP contribution in [0, 0.1) is 16.0 Å². The molecule has 1 saturated heterocycles. The molecule has 1 aliphatic carbocycles. The average molecular weight is 366 g/mol. The van der Waals surface area contributed by atoms with Crippen LogP contribution in [0.5, 0.6) is 0 Å². The standard InChI is InChI=1S/C18H24ClN3O3/c19-14-6-7-16(17(12-14)22(24)25)21-10-8-15(9-11-21)20-18(23)13-4-2-1-3-5-13/h6-7,12-13,15H,1-5,8-11H2,(H,20,23). The van der Waals surface area contributed by atoms with Gasteiger partial charge in [-0.05, 0) is 37.8 Å². The lowest BCUT2D eigenvalue weighted by atomic mass is 9.88. The molecule has 0 aromatic heterocycles. The van der Waals surface area contributed by atoms with Crippen LogP contribution in [0.2, 0.25) is 5.02 Å². The summed E-state index contributed by atoms with van der Waals surface area (Å²) in [5.41, 5.74) is 0.642. The lowest BCUT2D eigenvalue weighted by Gasteiger charge is -2.34. The minimum atomic E-state index is -0.391. The number of hydrogen-bond acceptors (Lipinski definition) is 4. The van der Waals surface area contributed by atoms with Gasteiger partial charge in [0.2, 0.25) is 5.91 Å². The summed E-state index contributed by atoms with van der Waals surface area (Å²) in [6.07, 6.45) is 7.15. The number of carbonyl (C=O) groups is 1. The second-order valence-electron chi connectivity index (χ2n) is 6.99. The van der Waals surface area contributed by atoms with Crippen molar-refractivity contribution in [2.75, 3.05) is 18.0 Å².